The molecule has 0 bridgehead atoms. The minimum absolute atomic E-state index is 0.488. The van der Waals surface area contributed by atoms with Crippen molar-refractivity contribution >= 4 is 22.3 Å². The first-order valence-corrected chi connectivity index (χ1v) is 7.70. The molecule has 0 saturated carbocycles. The first-order valence-electron chi connectivity index (χ1n) is 6.82. The van der Waals surface area contributed by atoms with Crippen molar-refractivity contribution in [2.45, 2.75) is 19.8 Å². The zero-order chi connectivity index (χ0) is 14.7. The van der Waals surface area contributed by atoms with Crippen LogP contribution in [0.4, 0.5) is 10.9 Å². The Balaban J connectivity index is 1.75. The van der Waals surface area contributed by atoms with Gasteiger partial charge in [-0.05, 0) is 29.7 Å². The highest BCUT2D eigenvalue weighted by Crippen LogP contribution is 2.25. The van der Waals surface area contributed by atoms with Crippen LogP contribution in [0.1, 0.15) is 25.3 Å². The van der Waals surface area contributed by atoms with Gasteiger partial charge in [-0.15, -0.1) is 11.3 Å². The lowest BCUT2D eigenvalue weighted by atomic mass is 10.1. The Morgan fingerprint density at radius 1 is 1.05 bits per heavy atom. The molecule has 0 aliphatic heterocycles. The van der Waals surface area contributed by atoms with Crippen molar-refractivity contribution < 1.29 is 0 Å². The van der Waals surface area contributed by atoms with E-state index < -0.39 is 0 Å². The normalized spacial score (nSPS) is 10.8. The SMILES string of the molecule is CC(C)c1ccc(Nc2nc(-c3ccccn3)cs2)nc1. The van der Waals surface area contributed by atoms with Crippen LogP contribution < -0.4 is 5.32 Å². The van der Waals surface area contributed by atoms with Crippen LogP contribution >= 0.6 is 11.3 Å². The van der Waals surface area contributed by atoms with Crippen molar-refractivity contribution in [2.24, 2.45) is 0 Å². The average Bonchev–Trinajstić information content (AvgIpc) is 2.97. The van der Waals surface area contributed by atoms with Crippen LogP contribution in [-0.2, 0) is 0 Å². The predicted octanol–water partition coefficient (Wildman–Crippen LogP) is 4.47. The molecular weight excluding hydrogens is 280 g/mol. The summed E-state index contributed by atoms with van der Waals surface area (Å²) in [6.07, 6.45) is 3.67. The van der Waals surface area contributed by atoms with E-state index >= 15 is 0 Å². The van der Waals surface area contributed by atoms with E-state index in [1.54, 1.807) is 17.5 Å². The first kappa shape index (κ1) is 13.7. The average molecular weight is 296 g/mol. The summed E-state index contributed by atoms with van der Waals surface area (Å²) in [5.74, 6) is 1.29. The van der Waals surface area contributed by atoms with E-state index in [1.165, 1.54) is 5.56 Å². The Hall–Kier alpha value is -2.27. The lowest BCUT2D eigenvalue weighted by Gasteiger charge is -2.06. The smallest absolute Gasteiger partial charge is 0.188 e. The second-order valence-electron chi connectivity index (χ2n) is 5.01. The summed E-state index contributed by atoms with van der Waals surface area (Å²) in [4.78, 5) is 13.3. The van der Waals surface area contributed by atoms with Gasteiger partial charge in [0.15, 0.2) is 5.13 Å². The molecule has 106 valence electrons. The van der Waals surface area contributed by atoms with Gasteiger partial charge < -0.3 is 5.32 Å². The van der Waals surface area contributed by atoms with Gasteiger partial charge in [0.05, 0.1) is 5.69 Å². The maximum absolute atomic E-state index is 4.54. The summed E-state index contributed by atoms with van der Waals surface area (Å²) in [5, 5.41) is 6.04. The molecule has 4 nitrogen and oxygen atoms in total. The van der Waals surface area contributed by atoms with Gasteiger partial charge in [-0.1, -0.05) is 26.0 Å². The summed E-state index contributed by atoms with van der Waals surface area (Å²) in [6, 6.07) is 9.88. The Bertz CT molecular complexity index is 705. The van der Waals surface area contributed by atoms with Gasteiger partial charge in [0.25, 0.3) is 0 Å². The van der Waals surface area contributed by atoms with Crippen LogP contribution in [0.5, 0.6) is 0 Å². The van der Waals surface area contributed by atoms with E-state index in [2.05, 4.69) is 40.2 Å². The lowest BCUT2D eigenvalue weighted by molar-refractivity contribution is 0.859. The maximum atomic E-state index is 4.54. The largest absolute Gasteiger partial charge is 0.316 e. The van der Waals surface area contributed by atoms with Crippen molar-refractivity contribution in [3.05, 3.63) is 53.7 Å². The van der Waals surface area contributed by atoms with Crippen molar-refractivity contribution in [1.29, 1.82) is 0 Å². The van der Waals surface area contributed by atoms with Crippen LogP contribution in [-0.4, -0.2) is 15.0 Å². The highest BCUT2D eigenvalue weighted by Gasteiger charge is 2.06. The molecule has 3 aromatic rings. The van der Waals surface area contributed by atoms with E-state index in [-0.39, 0.29) is 0 Å². The highest BCUT2D eigenvalue weighted by molar-refractivity contribution is 7.14. The zero-order valence-corrected chi connectivity index (χ0v) is 12.8. The third-order valence-electron chi connectivity index (χ3n) is 3.12. The molecule has 0 radical (unpaired) electrons. The molecule has 0 unspecified atom stereocenters. The van der Waals surface area contributed by atoms with Crippen molar-refractivity contribution in [3.8, 4) is 11.4 Å². The first-order chi connectivity index (χ1) is 10.2. The zero-order valence-electron chi connectivity index (χ0n) is 11.9. The predicted molar refractivity (Wildman–Crippen MR) is 87.0 cm³/mol. The van der Waals surface area contributed by atoms with Gasteiger partial charge in [0.1, 0.15) is 11.5 Å². The van der Waals surface area contributed by atoms with Gasteiger partial charge in [-0.3, -0.25) is 4.98 Å². The molecule has 21 heavy (non-hydrogen) atoms. The molecule has 3 aromatic heterocycles. The molecular formula is C16H16N4S. The monoisotopic (exact) mass is 296 g/mol. The number of nitrogens with zero attached hydrogens (tertiary/aromatic N) is 3. The minimum Gasteiger partial charge on any atom is -0.316 e. The van der Waals surface area contributed by atoms with Gasteiger partial charge in [-0.25, -0.2) is 9.97 Å². The number of rotatable bonds is 4. The Morgan fingerprint density at radius 3 is 2.62 bits per heavy atom. The van der Waals surface area contributed by atoms with Gasteiger partial charge >= 0.3 is 0 Å². The lowest BCUT2D eigenvalue weighted by Crippen LogP contribution is -1.95. The van der Waals surface area contributed by atoms with Crippen LogP contribution in [0.15, 0.2) is 48.1 Å². The molecule has 0 saturated heterocycles. The van der Waals surface area contributed by atoms with E-state index in [0.29, 0.717) is 5.92 Å². The number of nitrogens with one attached hydrogen (secondary N) is 1. The van der Waals surface area contributed by atoms with E-state index in [4.69, 9.17) is 0 Å². The highest BCUT2D eigenvalue weighted by atomic mass is 32.1. The second-order valence-corrected chi connectivity index (χ2v) is 5.87. The third kappa shape index (κ3) is 3.25. The minimum atomic E-state index is 0.488. The number of anilines is 2. The number of hydrogen-bond acceptors (Lipinski definition) is 5. The quantitative estimate of drug-likeness (QED) is 0.772. The molecule has 3 heterocycles. The Morgan fingerprint density at radius 2 is 1.95 bits per heavy atom. The number of pyridine rings is 2. The molecule has 0 aromatic carbocycles. The molecule has 5 heteroatoms. The number of hydrogen-bond donors (Lipinski definition) is 1. The summed E-state index contributed by atoms with van der Waals surface area (Å²) < 4.78 is 0. The number of thiazole rings is 1. The standard InChI is InChI=1S/C16H16N4S/c1-11(2)12-6-7-15(18-9-12)20-16-19-14(10-21-16)13-5-3-4-8-17-13/h3-11H,1-2H3,(H,18,19,20). The topological polar surface area (TPSA) is 50.7 Å². The summed E-state index contributed by atoms with van der Waals surface area (Å²) >= 11 is 1.55. The fourth-order valence-electron chi connectivity index (χ4n) is 1.89. The molecule has 0 fully saturated rings. The molecule has 0 atom stereocenters. The van der Waals surface area contributed by atoms with Crippen molar-refractivity contribution in [3.63, 3.8) is 0 Å². The summed E-state index contributed by atoms with van der Waals surface area (Å²) in [5.41, 5.74) is 2.99. The van der Waals surface area contributed by atoms with Gasteiger partial charge in [0.2, 0.25) is 0 Å². The molecule has 0 aliphatic rings. The van der Waals surface area contributed by atoms with E-state index in [0.717, 1.165) is 22.3 Å². The van der Waals surface area contributed by atoms with Crippen molar-refractivity contribution in [1.82, 2.24) is 15.0 Å². The van der Waals surface area contributed by atoms with Crippen LogP contribution in [0, 0.1) is 0 Å². The number of aromatic nitrogens is 3. The molecule has 0 aliphatic carbocycles. The van der Waals surface area contributed by atoms with Gasteiger partial charge in [0, 0.05) is 17.8 Å². The fraction of sp³-hybridized carbons (Fsp3) is 0.188. The third-order valence-corrected chi connectivity index (χ3v) is 3.88. The Kier molecular flexibility index (Phi) is 3.92. The van der Waals surface area contributed by atoms with Crippen LogP contribution in [0.3, 0.4) is 0 Å². The van der Waals surface area contributed by atoms with Crippen molar-refractivity contribution in [2.75, 3.05) is 5.32 Å². The fourth-order valence-corrected chi connectivity index (χ4v) is 2.60. The molecule has 0 spiro atoms. The summed E-state index contributed by atoms with van der Waals surface area (Å²) in [7, 11) is 0. The van der Waals surface area contributed by atoms with Crippen LogP contribution in [0.25, 0.3) is 11.4 Å². The van der Waals surface area contributed by atoms with Gasteiger partial charge in [-0.2, -0.15) is 0 Å². The van der Waals surface area contributed by atoms with Crippen LogP contribution in [0.2, 0.25) is 0 Å². The molecule has 3 rings (SSSR count). The molecule has 1 N–H and O–H groups in total. The van der Waals surface area contributed by atoms with E-state index in [1.807, 2.05) is 35.8 Å². The Labute approximate surface area is 127 Å². The maximum Gasteiger partial charge on any atom is 0.188 e. The summed E-state index contributed by atoms with van der Waals surface area (Å²) in [6.45, 7) is 4.31. The molecule has 0 amide bonds. The second kappa shape index (κ2) is 6.01. The van der Waals surface area contributed by atoms with E-state index in [9.17, 15) is 0 Å².